The van der Waals surface area contributed by atoms with Crippen LogP contribution in [-0.4, -0.2) is 72.5 Å². The van der Waals surface area contributed by atoms with E-state index in [1.807, 2.05) is 0 Å². The molecule has 1 N–H and O–H groups in total. The van der Waals surface area contributed by atoms with Crippen LogP contribution in [0.25, 0.3) is 0 Å². The highest BCUT2D eigenvalue weighted by atomic mass is 16.5. The molecule has 1 fully saturated rings. The molecular formula is C17H33N3O2. The molecule has 1 aliphatic rings. The van der Waals surface area contributed by atoms with Gasteiger partial charge < -0.3 is 9.84 Å². The van der Waals surface area contributed by atoms with Gasteiger partial charge in [0.25, 0.3) is 0 Å². The summed E-state index contributed by atoms with van der Waals surface area (Å²) in [6, 6.07) is 2.20. The minimum absolute atomic E-state index is 0.164. The maximum absolute atomic E-state index is 10.4. The Hall–Kier alpha value is -0.670. The molecule has 1 saturated heterocycles. The summed E-state index contributed by atoms with van der Waals surface area (Å²) < 4.78 is 5.73. The molecule has 1 aliphatic heterocycles. The van der Waals surface area contributed by atoms with E-state index in [-0.39, 0.29) is 17.6 Å². The fourth-order valence-electron chi connectivity index (χ4n) is 3.20. The molecule has 5 nitrogen and oxygen atoms in total. The summed E-state index contributed by atoms with van der Waals surface area (Å²) in [5, 5.41) is 19.2. The monoisotopic (exact) mass is 311 g/mol. The second kappa shape index (κ2) is 8.83. The average Bonchev–Trinajstić information content (AvgIpc) is 2.32. The summed E-state index contributed by atoms with van der Waals surface area (Å²) in [5.41, 5.74) is 0.164. The van der Waals surface area contributed by atoms with Crippen molar-refractivity contribution in [2.75, 3.05) is 39.3 Å². The minimum atomic E-state index is -0.390. The molecule has 0 bridgehead atoms. The predicted molar refractivity (Wildman–Crippen MR) is 88.6 cm³/mol. The van der Waals surface area contributed by atoms with Gasteiger partial charge in [0, 0.05) is 45.7 Å². The number of aliphatic hydroxyl groups is 1. The van der Waals surface area contributed by atoms with Gasteiger partial charge in [-0.1, -0.05) is 20.8 Å². The lowest BCUT2D eigenvalue weighted by atomic mass is 9.96. The van der Waals surface area contributed by atoms with Gasteiger partial charge in [-0.15, -0.1) is 0 Å². The Morgan fingerprint density at radius 1 is 1.32 bits per heavy atom. The summed E-state index contributed by atoms with van der Waals surface area (Å²) in [6.45, 7) is 15.4. The Labute approximate surface area is 135 Å². The third-order valence-corrected chi connectivity index (χ3v) is 3.67. The first kappa shape index (κ1) is 19.4. The standard InChI is InChI=1S/C17H33N3O2/c1-14-9-20(10-15(2)22-14)12-16(21)11-19(8-6-7-18)13-17(3,4)5/h14-16,21H,6,8-13H2,1-5H3. The third kappa shape index (κ3) is 8.09. The van der Waals surface area contributed by atoms with Crippen LogP contribution in [0.3, 0.4) is 0 Å². The van der Waals surface area contributed by atoms with Crippen molar-refractivity contribution in [3.8, 4) is 6.07 Å². The number of nitriles is 1. The fourth-order valence-corrected chi connectivity index (χ4v) is 3.20. The predicted octanol–water partition coefficient (Wildman–Crippen LogP) is 1.72. The molecule has 0 aromatic rings. The first-order valence-corrected chi connectivity index (χ1v) is 8.35. The quantitative estimate of drug-likeness (QED) is 0.776. The van der Waals surface area contributed by atoms with Crippen LogP contribution in [0, 0.1) is 16.7 Å². The van der Waals surface area contributed by atoms with E-state index in [9.17, 15) is 5.11 Å². The molecule has 3 unspecified atom stereocenters. The van der Waals surface area contributed by atoms with Gasteiger partial charge in [0.1, 0.15) is 0 Å². The summed E-state index contributed by atoms with van der Waals surface area (Å²) >= 11 is 0. The van der Waals surface area contributed by atoms with Gasteiger partial charge in [-0.05, 0) is 19.3 Å². The molecule has 128 valence electrons. The van der Waals surface area contributed by atoms with Gasteiger partial charge in [0.15, 0.2) is 0 Å². The van der Waals surface area contributed by atoms with Crippen molar-refractivity contribution in [2.45, 2.75) is 59.4 Å². The number of morpholine rings is 1. The second-order valence-electron chi connectivity index (χ2n) is 7.83. The van der Waals surface area contributed by atoms with Crippen LogP contribution < -0.4 is 0 Å². The molecule has 0 aliphatic carbocycles. The van der Waals surface area contributed by atoms with Crippen molar-refractivity contribution >= 4 is 0 Å². The third-order valence-electron chi connectivity index (χ3n) is 3.67. The zero-order valence-corrected chi connectivity index (χ0v) is 14.9. The maximum atomic E-state index is 10.4. The van der Waals surface area contributed by atoms with E-state index in [2.05, 4.69) is 50.5 Å². The molecule has 1 rings (SSSR count). The van der Waals surface area contributed by atoms with Gasteiger partial charge >= 0.3 is 0 Å². The Kier molecular flexibility index (Phi) is 7.78. The van der Waals surface area contributed by atoms with Crippen LogP contribution in [0.2, 0.25) is 0 Å². The Morgan fingerprint density at radius 3 is 2.41 bits per heavy atom. The molecule has 0 spiro atoms. The van der Waals surface area contributed by atoms with E-state index in [1.165, 1.54) is 0 Å². The van der Waals surface area contributed by atoms with Crippen molar-refractivity contribution in [3.05, 3.63) is 0 Å². The largest absolute Gasteiger partial charge is 0.390 e. The molecule has 22 heavy (non-hydrogen) atoms. The molecule has 0 radical (unpaired) electrons. The van der Waals surface area contributed by atoms with Crippen LogP contribution in [0.5, 0.6) is 0 Å². The molecule has 5 heteroatoms. The number of aliphatic hydroxyl groups excluding tert-OH is 1. The molecule has 3 atom stereocenters. The minimum Gasteiger partial charge on any atom is -0.390 e. The smallest absolute Gasteiger partial charge is 0.0793 e. The number of nitrogens with zero attached hydrogens (tertiary/aromatic N) is 3. The number of ether oxygens (including phenoxy) is 1. The molecular weight excluding hydrogens is 278 g/mol. The van der Waals surface area contributed by atoms with Crippen LogP contribution in [0.1, 0.15) is 41.0 Å². The van der Waals surface area contributed by atoms with Gasteiger partial charge in [0.05, 0.1) is 24.4 Å². The van der Waals surface area contributed by atoms with Crippen molar-refractivity contribution in [1.82, 2.24) is 9.80 Å². The van der Waals surface area contributed by atoms with Gasteiger partial charge in [0.2, 0.25) is 0 Å². The number of rotatable bonds is 7. The average molecular weight is 311 g/mol. The SMILES string of the molecule is CC1CN(CC(O)CN(CCC#N)CC(C)(C)C)CC(C)O1. The Bertz CT molecular complexity index is 352. The van der Waals surface area contributed by atoms with Crippen LogP contribution >= 0.6 is 0 Å². The highest BCUT2D eigenvalue weighted by Crippen LogP contribution is 2.16. The van der Waals surface area contributed by atoms with E-state index >= 15 is 0 Å². The summed E-state index contributed by atoms with van der Waals surface area (Å²) in [5.74, 6) is 0. The first-order chi connectivity index (χ1) is 10.2. The summed E-state index contributed by atoms with van der Waals surface area (Å²) in [7, 11) is 0. The summed E-state index contributed by atoms with van der Waals surface area (Å²) in [4.78, 5) is 4.49. The molecule has 0 aromatic heterocycles. The van der Waals surface area contributed by atoms with Gasteiger partial charge in [-0.25, -0.2) is 0 Å². The number of hydrogen-bond acceptors (Lipinski definition) is 5. The van der Waals surface area contributed by atoms with Crippen molar-refractivity contribution in [2.24, 2.45) is 5.41 Å². The maximum Gasteiger partial charge on any atom is 0.0793 e. The van der Waals surface area contributed by atoms with Crippen LogP contribution in [0.4, 0.5) is 0 Å². The van der Waals surface area contributed by atoms with Crippen LogP contribution in [-0.2, 0) is 4.74 Å². The van der Waals surface area contributed by atoms with Crippen molar-refractivity contribution < 1.29 is 9.84 Å². The molecule has 0 saturated carbocycles. The van der Waals surface area contributed by atoms with Crippen LogP contribution in [0.15, 0.2) is 0 Å². The van der Waals surface area contributed by atoms with E-state index in [0.29, 0.717) is 19.5 Å². The topological polar surface area (TPSA) is 59.7 Å². The van der Waals surface area contributed by atoms with Gasteiger partial charge in [-0.2, -0.15) is 5.26 Å². The van der Waals surface area contributed by atoms with Gasteiger partial charge in [-0.3, -0.25) is 9.80 Å². The zero-order chi connectivity index (χ0) is 16.8. The van der Waals surface area contributed by atoms with Crippen molar-refractivity contribution in [3.63, 3.8) is 0 Å². The molecule has 1 heterocycles. The highest BCUT2D eigenvalue weighted by molar-refractivity contribution is 4.80. The Morgan fingerprint density at radius 2 is 1.91 bits per heavy atom. The second-order valence-corrected chi connectivity index (χ2v) is 7.83. The molecule has 0 aromatic carbocycles. The summed E-state index contributed by atoms with van der Waals surface area (Å²) in [6.07, 6.45) is 0.563. The fraction of sp³-hybridized carbons (Fsp3) is 0.941. The zero-order valence-electron chi connectivity index (χ0n) is 14.9. The number of β-amino-alcohol motifs (C(OH)–C–C–N with tert-alkyl or cyclic N) is 1. The first-order valence-electron chi connectivity index (χ1n) is 8.35. The van der Waals surface area contributed by atoms with E-state index in [0.717, 1.165) is 26.2 Å². The van der Waals surface area contributed by atoms with Crippen molar-refractivity contribution in [1.29, 1.82) is 5.26 Å². The normalized spacial score (nSPS) is 25.2. The lowest BCUT2D eigenvalue weighted by Gasteiger charge is -2.37. The number of hydrogen-bond donors (Lipinski definition) is 1. The van der Waals surface area contributed by atoms with E-state index in [4.69, 9.17) is 10.00 Å². The van der Waals surface area contributed by atoms with E-state index in [1.54, 1.807) is 0 Å². The molecule has 0 amide bonds. The lowest BCUT2D eigenvalue weighted by Crippen LogP contribution is -2.50. The Balaban J connectivity index is 2.47. The lowest BCUT2D eigenvalue weighted by molar-refractivity contribution is -0.0782. The van der Waals surface area contributed by atoms with E-state index < -0.39 is 6.10 Å². The highest BCUT2D eigenvalue weighted by Gasteiger charge is 2.25.